The van der Waals surface area contributed by atoms with E-state index in [0.29, 0.717) is 23.5 Å². The molecule has 4 rings (SSSR count). The lowest BCUT2D eigenvalue weighted by molar-refractivity contribution is -0.140. The number of aliphatic hydroxyl groups is 1. The Morgan fingerprint density at radius 1 is 1.11 bits per heavy atom. The van der Waals surface area contributed by atoms with Crippen molar-refractivity contribution in [2.24, 2.45) is 0 Å². The summed E-state index contributed by atoms with van der Waals surface area (Å²) in [5.41, 5.74) is 1.57. The van der Waals surface area contributed by atoms with Crippen molar-refractivity contribution in [3.05, 3.63) is 89.3 Å². The Labute approximate surface area is 209 Å². The van der Waals surface area contributed by atoms with Gasteiger partial charge in [0.1, 0.15) is 11.5 Å². The molecule has 1 aliphatic heterocycles. The predicted molar refractivity (Wildman–Crippen MR) is 134 cm³/mol. The third-order valence-corrected chi connectivity index (χ3v) is 6.03. The number of ketones is 1. The summed E-state index contributed by atoms with van der Waals surface area (Å²) in [4.78, 5) is 31.9. The monoisotopic (exact) mass is 488 g/mol. The molecule has 1 aromatic heterocycles. The van der Waals surface area contributed by atoms with Crippen LogP contribution < -0.4 is 9.47 Å². The number of unbranched alkanes of at least 4 members (excludes halogenated alkanes) is 1. The molecule has 0 radical (unpaired) electrons. The molecule has 8 heteroatoms. The quantitative estimate of drug-likeness (QED) is 0.196. The lowest BCUT2D eigenvalue weighted by Crippen LogP contribution is -2.29. The molecule has 1 atom stereocenters. The molecule has 3 aromatic rings. The van der Waals surface area contributed by atoms with Crippen LogP contribution in [0.25, 0.3) is 5.76 Å². The predicted octanol–water partition coefficient (Wildman–Crippen LogP) is 4.60. The number of methoxy groups -OCH3 is 1. The summed E-state index contributed by atoms with van der Waals surface area (Å²) in [7, 11) is 1.41. The number of carbonyl (C=O) groups is 2. The molecule has 2 heterocycles. The number of pyridine rings is 1. The molecule has 1 amide bonds. The Morgan fingerprint density at radius 2 is 1.89 bits per heavy atom. The van der Waals surface area contributed by atoms with E-state index in [-0.39, 0.29) is 29.4 Å². The number of aromatic hydroxyl groups is 1. The van der Waals surface area contributed by atoms with Crippen molar-refractivity contribution in [3.63, 3.8) is 0 Å². The van der Waals surface area contributed by atoms with E-state index >= 15 is 0 Å². The summed E-state index contributed by atoms with van der Waals surface area (Å²) in [6, 6.07) is 14.0. The number of ether oxygens (including phenoxy) is 2. The van der Waals surface area contributed by atoms with Gasteiger partial charge >= 0.3 is 0 Å². The van der Waals surface area contributed by atoms with Gasteiger partial charge in [0.25, 0.3) is 11.7 Å². The molecule has 2 aromatic carbocycles. The van der Waals surface area contributed by atoms with E-state index in [0.717, 1.165) is 18.4 Å². The van der Waals surface area contributed by atoms with Gasteiger partial charge in [0.2, 0.25) is 0 Å². The van der Waals surface area contributed by atoms with E-state index in [4.69, 9.17) is 9.47 Å². The molecule has 36 heavy (non-hydrogen) atoms. The molecule has 0 spiro atoms. The van der Waals surface area contributed by atoms with Gasteiger partial charge in [-0.05, 0) is 60.0 Å². The molecule has 1 fully saturated rings. The highest BCUT2D eigenvalue weighted by molar-refractivity contribution is 6.46. The van der Waals surface area contributed by atoms with Crippen LogP contribution in [0.1, 0.15) is 42.5 Å². The van der Waals surface area contributed by atoms with Crippen LogP contribution >= 0.6 is 0 Å². The van der Waals surface area contributed by atoms with E-state index in [1.165, 1.54) is 18.1 Å². The van der Waals surface area contributed by atoms with Crippen molar-refractivity contribution >= 4 is 17.4 Å². The van der Waals surface area contributed by atoms with E-state index in [9.17, 15) is 19.8 Å². The van der Waals surface area contributed by atoms with Crippen molar-refractivity contribution in [3.8, 4) is 17.2 Å². The summed E-state index contributed by atoms with van der Waals surface area (Å²) >= 11 is 0. The Hall–Kier alpha value is -4.33. The number of phenols is 1. The van der Waals surface area contributed by atoms with E-state index < -0.39 is 17.7 Å². The number of nitrogens with zero attached hydrogens (tertiary/aromatic N) is 2. The number of carbonyl (C=O) groups excluding carboxylic acids is 2. The summed E-state index contributed by atoms with van der Waals surface area (Å²) in [6.07, 6.45) is 5.18. The van der Waals surface area contributed by atoms with Gasteiger partial charge in [-0.1, -0.05) is 25.5 Å². The molecule has 0 saturated carbocycles. The summed E-state index contributed by atoms with van der Waals surface area (Å²) in [5.74, 6) is -1.07. The zero-order valence-corrected chi connectivity index (χ0v) is 20.2. The summed E-state index contributed by atoms with van der Waals surface area (Å²) in [5, 5.41) is 21.3. The van der Waals surface area contributed by atoms with E-state index in [2.05, 4.69) is 11.9 Å². The van der Waals surface area contributed by atoms with Crippen LogP contribution in [-0.4, -0.2) is 45.5 Å². The van der Waals surface area contributed by atoms with Crippen LogP contribution in [0.3, 0.4) is 0 Å². The molecule has 0 aliphatic carbocycles. The largest absolute Gasteiger partial charge is 0.507 e. The van der Waals surface area contributed by atoms with Gasteiger partial charge in [-0.25, -0.2) is 0 Å². The summed E-state index contributed by atoms with van der Waals surface area (Å²) < 4.78 is 10.9. The van der Waals surface area contributed by atoms with Crippen LogP contribution in [-0.2, 0) is 16.1 Å². The molecule has 1 aliphatic rings. The molecular weight excluding hydrogens is 460 g/mol. The normalized spacial score (nSPS) is 16.8. The molecule has 0 unspecified atom stereocenters. The second-order valence-corrected chi connectivity index (χ2v) is 8.45. The zero-order valence-electron chi connectivity index (χ0n) is 20.2. The van der Waals surface area contributed by atoms with Crippen molar-refractivity contribution in [2.45, 2.75) is 32.4 Å². The Bertz CT molecular complexity index is 1270. The highest BCUT2D eigenvalue weighted by Crippen LogP contribution is 2.42. The van der Waals surface area contributed by atoms with Crippen molar-refractivity contribution in [2.75, 3.05) is 13.7 Å². The van der Waals surface area contributed by atoms with Gasteiger partial charge in [-0.15, -0.1) is 0 Å². The minimum absolute atomic E-state index is 0.0451. The first-order valence-electron chi connectivity index (χ1n) is 11.7. The Balaban J connectivity index is 1.78. The Kier molecular flexibility index (Phi) is 7.53. The van der Waals surface area contributed by atoms with Gasteiger partial charge in [0.05, 0.1) is 25.3 Å². The van der Waals surface area contributed by atoms with Crippen molar-refractivity contribution < 1.29 is 29.3 Å². The lowest BCUT2D eigenvalue weighted by Gasteiger charge is -2.25. The fourth-order valence-corrected chi connectivity index (χ4v) is 4.14. The first kappa shape index (κ1) is 24.8. The average Bonchev–Trinajstić information content (AvgIpc) is 3.14. The fraction of sp³-hybridized carbons (Fsp3) is 0.250. The van der Waals surface area contributed by atoms with E-state index in [1.807, 2.05) is 0 Å². The maximum atomic E-state index is 13.2. The number of likely N-dealkylation sites (tertiary alicyclic amines) is 1. The van der Waals surface area contributed by atoms with Crippen LogP contribution in [0.4, 0.5) is 0 Å². The summed E-state index contributed by atoms with van der Waals surface area (Å²) in [6.45, 7) is 2.77. The van der Waals surface area contributed by atoms with Crippen molar-refractivity contribution in [1.82, 2.24) is 9.88 Å². The number of benzene rings is 2. The molecule has 1 saturated heterocycles. The number of phenolic OH excluding ortho intramolecular Hbond substituents is 1. The van der Waals surface area contributed by atoms with Gasteiger partial charge in [-0.2, -0.15) is 0 Å². The van der Waals surface area contributed by atoms with Crippen LogP contribution in [0.15, 0.2) is 72.6 Å². The first-order chi connectivity index (χ1) is 17.4. The number of hydrogen-bond donors (Lipinski definition) is 2. The number of rotatable bonds is 9. The molecule has 0 bridgehead atoms. The third-order valence-electron chi connectivity index (χ3n) is 6.03. The van der Waals surface area contributed by atoms with Crippen molar-refractivity contribution in [1.29, 1.82) is 0 Å². The van der Waals surface area contributed by atoms with Gasteiger partial charge in [-0.3, -0.25) is 14.6 Å². The Morgan fingerprint density at radius 3 is 2.56 bits per heavy atom. The molecule has 8 nitrogen and oxygen atoms in total. The first-order valence-corrected chi connectivity index (χ1v) is 11.7. The lowest BCUT2D eigenvalue weighted by atomic mass is 9.95. The SMILES string of the molecule is CCCCOc1ccc(C(O)=C2C(=O)C(=O)N(Cc3cccnc3)[C@H]2c2ccc(O)c(OC)c2)cc1. The van der Waals surface area contributed by atoms with E-state index in [1.54, 1.807) is 60.9 Å². The third kappa shape index (κ3) is 5.02. The number of amides is 1. The highest BCUT2D eigenvalue weighted by atomic mass is 16.5. The fourth-order valence-electron chi connectivity index (χ4n) is 4.14. The maximum Gasteiger partial charge on any atom is 0.295 e. The second kappa shape index (κ2) is 10.9. The standard InChI is InChI=1S/C28H28N2O6/c1-3-4-14-36-21-10-7-19(8-11-21)26(32)24-25(20-9-12-22(31)23(15-20)35-2)30(28(34)27(24)33)17-18-6-5-13-29-16-18/h5-13,15-16,25,31-32H,3-4,14,17H2,1-2H3/t25-/m0/s1. The highest BCUT2D eigenvalue weighted by Gasteiger charge is 2.46. The van der Waals surface area contributed by atoms with Gasteiger partial charge in [0.15, 0.2) is 11.5 Å². The molecule has 2 N–H and O–H groups in total. The van der Waals surface area contributed by atoms with Gasteiger partial charge in [0, 0.05) is 24.5 Å². The average molecular weight is 489 g/mol. The topological polar surface area (TPSA) is 109 Å². The number of Topliss-reactive ketones (excluding diaryl/α,β-unsaturated/α-hetero) is 1. The number of aromatic nitrogens is 1. The number of hydrogen-bond acceptors (Lipinski definition) is 7. The smallest absolute Gasteiger partial charge is 0.295 e. The van der Waals surface area contributed by atoms with Crippen LogP contribution in [0.2, 0.25) is 0 Å². The zero-order chi connectivity index (χ0) is 25.7. The molecular formula is C28H28N2O6. The second-order valence-electron chi connectivity index (χ2n) is 8.45. The van der Waals surface area contributed by atoms with Crippen LogP contribution in [0, 0.1) is 0 Å². The number of aliphatic hydroxyl groups excluding tert-OH is 1. The minimum Gasteiger partial charge on any atom is -0.507 e. The minimum atomic E-state index is -0.903. The molecule has 186 valence electrons. The van der Waals surface area contributed by atoms with Crippen LogP contribution in [0.5, 0.6) is 17.2 Å². The maximum absolute atomic E-state index is 13.2. The van der Waals surface area contributed by atoms with Gasteiger partial charge < -0.3 is 24.6 Å².